The number of nitrogens with one attached hydrogen (secondary N) is 1. The minimum atomic E-state index is -2.79. The maximum absolute atomic E-state index is 13.7. The number of nitrogens with zero attached hydrogens (tertiary/aromatic N) is 6. The average molecular weight is 557 g/mol. The summed E-state index contributed by atoms with van der Waals surface area (Å²) in [4.78, 5) is 19.0. The fourth-order valence-electron chi connectivity index (χ4n) is 4.24. The summed E-state index contributed by atoms with van der Waals surface area (Å²) in [6.45, 7) is 2.21. The zero-order valence-electron chi connectivity index (χ0n) is 18.2. The van der Waals surface area contributed by atoms with Gasteiger partial charge in [-0.1, -0.05) is 29.5 Å². The number of halogens is 3. The number of fused-ring (bicyclic) bond motifs is 1. The molecular formula is C21H26F2IN7O. The Morgan fingerprint density at radius 3 is 2.62 bits per heavy atom. The largest absolute Gasteiger partial charge is 0.363 e. The zero-order valence-corrected chi connectivity index (χ0v) is 20.3. The molecule has 3 heterocycles. The summed E-state index contributed by atoms with van der Waals surface area (Å²) in [6, 6.07) is 1.83. The van der Waals surface area contributed by atoms with Gasteiger partial charge in [0.05, 0.1) is 17.9 Å². The highest BCUT2D eigenvalue weighted by molar-refractivity contribution is 14.1. The monoisotopic (exact) mass is 557 g/mol. The van der Waals surface area contributed by atoms with E-state index in [9.17, 15) is 13.6 Å². The summed E-state index contributed by atoms with van der Waals surface area (Å²) in [5.74, 6) is 0.838. The Kier molecular flexibility index (Phi) is 6.63. The van der Waals surface area contributed by atoms with Crippen LogP contribution in [-0.2, 0) is 0 Å². The van der Waals surface area contributed by atoms with Crippen LogP contribution in [0.4, 0.5) is 20.3 Å². The van der Waals surface area contributed by atoms with Crippen LogP contribution in [-0.4, -0.2) is 48.3 Å². The number of carbonyl (C=O) groups is 1. The van der Waals surface area contributed by atoms with Crippen molar-refractivity contribution in [2.45, 2.75) is 49.0 Å². The summed E-state index contributed by atoms with van der Waals surface area (Å²) in [6.07, 6.45) is 5.58. The first-order chi connectivity index (χ1) is 15.3. The third-order valence-electron chi connectivity index (χ3n) is 6.06. The molecule has 0 spiro atoms. The van der Waals surface area contributed by atoms with Gasteiger partial charge in [0, 0.05) is 30.4 Å². The van der Waals surface area contributed by atoms with Gasteiger partial charge in [0.1, 0.15) is 11.4 Å². The van der Waals surface area contributed by atoms with Crippen molar-refractivity contribution in [3.8, 4) is 0 Å². The maximum atomic E-state index is 13.7. The molecule has 3 aromatic rings. The van der Waals surface area contributed by atoms with Crippen LogP contribution in [0.15, 0.2) is 24.7 Å². The second-order valence-corrected chi connectivity index (χ2v) is 10.4. The minimum absolute atomic E-state index is 0.0255. The van der Waals surface area contributed by atoms with Gasteiger partial charge in [-0.2, -0.15) is 14.7 Å². The van der Waals surface area contributed by atoms with Crippen molar-refractivity contribution in [1.29, 1.82) is 0 Å². The Labute approximate surface area is 198 Å². The van der Waals surface area contributed by atoms with E-state index in [1.165, 1.54) is 12.4 Å². The lowest BCUT2D eigenvalue weighted by Gasteiger charge is -2.30. The molecule has 3 aromatic heterocycles. The van der Waals surface area contributed by atoms with E-state index in [2.05, 4.69) is 50.0 Å². The fraction of sp³-hybridized carbons (Fsp3) is 0.524. The Bertz CT molecular complexity index is 1100. The fourth-order valence-corrected chi connectivity index (χ4v) is 4.96. The van der Waals surface area contributed by atoms with Gasteiger partial charge in [-0.05, 0) is 37.7 Å². The number of hydrogen-bond donors (Lipinski definition) is 1. The summed E-state index contributed by atoms with van der Waals surface area (Å²) in [5.41, 5.74) is 0.169. The van der Waals surface area contributed by atoms with Crippen molar-refractivity contribution in [2.24, 2.45) is 5.92 Å². The highest BCUT2D eigenvalue weighted by Gasteiger charge is 2.28. The molecule has 0 saturated heterocycles. The molecule has 0 radical (unpaired) electrons. The molecule has 0 bridgehead atoms. The SMILES string of the molecule is CC(I)[C@H]1CC[C@H](n2cc(NC(=O)c3cnn4c(N(C)C)ccnc34)c(C(F)F)n2)CC1. The molecule has 1 unspecified atom stereocenters. The highest BCUT2D eigenvalue weighted by atomic mass is 127. The van der Waals surface area contributed by atoms with Crippen LogP contribution in [0.25, 0.3) is 5.65 Å². The molecule has 1 aliphatic rings. The van der Waals surface area contributed by atoms with E-state index >= 15 is 0 Å². The Hall–Kier alpha value is -2.31. The van der Waals surface area contributed by atoms with Crippen LogP contribution in [0.3, 0.4) is 0 Å². The lowest BCUT2D eigenvalue weighted by atomic mass is 9.84. The van der Waals surface area contributed by atoms with Gasteiger partial charge in [0.25, 0.3) is 12.3 Å². The van der Waals surface area contributed by atoms with Crippen molar-refractivity contribution in [3.05, 3.63) is 35.9 Å². The summed E-state index contributed by atoms with van der Waals surface area (Å²) in [7, 11) is 3.71. The molecule has 1 fully saturated rings. The molecule has 8 nitrogen and oxygen atoms in total. The molecule has 0 aliphatic heterocycles. The third-order valence-corrected chi connectivity index (χ3v) is 7.08. The molecule has 32 heavy (non-hydrogen) atoms. The van der Waals surface area contributed by atoms with E-state index in [4.69, 9.17) is 0 Å². The maximum Gasteiger partial charge on any atom is 0.284 e. The quantitative estimate of drug-likeness (QED) is 0.350. The number of anilines is 2. The normalized spacial score (nSPS) is 20.0. The van der Waals surface area contributed by atoms with E-state index < -0.39 is 18.0 Å². The molecular weight excluding hydrogens is 531 g/mol. The van der Waals surface area contributed by atoms with Gasteiger partial charge in [-0.15, -0.1) is 0 Å². The van der Waals surface area contributed by atoms with Crippen LogP contribution < -0.4 is 10.2 Å². The molecule has 1 N–H and O–H groups in total. The van der Waals surface area contributed by atoms with E-state index in [1.54, 1.807) is 21.5 Å². The van der Waals surface area contributed by atoms with E-state index in [0.29, 0.717) is 15.5 Å². The Morgan fingerprint density at radius 1 is 1.28 bits per heavy atom. The number of rotatable bonds is 6. The van der Waals surface area contributed by atoms with Crippen LogP contribution in [0.1, 0.15) is 61.1 Å². The van der Waals surface area contributed by atoms with E-state index in [1.807, 2.05) is 19.0 Å². The summed E-state index contributed by atoms with van der Waals surface area (Å²) < 4.78 is 31.1. The van der Waals surface area contributed by atoms with Crippen LogP contribution in [0, 0.1) is 5.92 Å². The summed E-state index contributed by atoms with van der Waals surface area (Å²) >= 11 is 2.45. The standard InChI is InChI=1S/C21H26F2IN7O/c1-12(24)13-4-6-14(7-5-13)30-11-16(18(28-30)19(22)23)27-21(32)15-10-26-31-17(29(2)3)8-9-25-20(15)31/h8-14,19H,4-7H2,1-3H3,(H,27,32)/t12?,13-,14-. The molecule has 4 rings (SSSR count). The number of aromatic nitrogens is 5. The van der Waals surface area contributed by atoms with Gasteiger partial charge in [0.15, 0.2) is 11.3 Å². The third kappa shape index (κ3) is 4.44. The Morgan fingerprint density at radius 2 is 2.00 bits per heavy atom. The van der Waals surface area contributed by atoms with Crippen LogP contribution in [0.5, 0.6) is 0 Å². The molecule has 1 amide bonds. The van der Waals surface area contributed by atoms with Crippen molar-refractivity contribution in [2.75, 3.05) is 24.3 Å². The van der Waals surface area contributed by atoms with Gasteiger partial charge in [-0.3, -0.25) is 9.48 Å². The predicted octanol–water partition coefficient (Wildman–Crippen LogP) is 4.74. The number of alkyl halides is 3. The number of amides is 1. The molecule has 0 aromatic carbocycles. The average Bonchev–Trinajstić information content (AvgIpc) is 3.38. The van der Waals surface area contributed by atoms with E-state index in [0.717, 1.165) is 31.5 Å². The zero-order chi connectivity index (χ0) is 23.0. The van der Waals surface area contributed by atoms with E-state index in [-0.39, 0.29) is 17.3 Å². The second kappa shape index (κ2) is 9.28. The van der Waals surface area contributed by atoms with Gasteiger partial charge < -0.3 is 10.2 Å². The van der Waals surface area contributed by atoms with Gasteiger partial charge >= 0.3 is 0 Å². The summed E-state index contributed by atoms with van der Waals surface area (Å²) in [5, 5.41) is 11.0. The predicted molar refractivity (Wildman–Crippen MR) is 127 cm³/mol. The lowest BCUT2D eigenvalue weighted by Crippen LogP contribution is -2.22. The molecule has 1 atom stereocenters. The van der Waals surface area contributed by atoms with Crippen molar-refractivity contribution in [1.82, 2.24) is 24.4 Å². The first kappa shape index (κ1) is 22.9. The molecule has 1 aliphatic carbocycles. The molecule has 172 valence electrons. The highest BCUT2D eigenvalue weighted by Crippen LogP contribution is 2.37. The smallest absolute Gasteiger partial charge is 0.284 e. The molecule has 1 saturated carbocycles. The lowest BCUT2D eigenvalue weighted by molar-refractivity contribution is 0.102. The van der Waals surface area contributed by atoms with Crippen LogP contribution in [0.2, 0.25) is 0 Å². The first-order valence-corrected chi connectivity index (χ1v) is 11.8. The van der Waals surface area contributed by atoms with Crippen LogP contribution >= 0.6 is 22.6 Å². The second-order valence-electron chi connectivity index (χ2n) is 8.40. The molecule has 11 heteroatoms. The van der Waals surface area contributed by atoms with Crippen molar-refractivity contribution >= 4 is 45.7 Å². The number of carbonyl (C=O) groups excluding carboxylic acids is 1. The van der Waals surface area contributed by atoms with Crippen molar-refractivity contribution < 1.29 is 13.6 Å². The first-order valence-electron chi connectivity index (χ1n) is 10.6. The van der Waals surface area contributed by atoms with Gasteiger partial charge in [0.2, 0.25) is 0 Å². The Balaban J connectivity index is 1.57. The minimum Gasteiger partial charge on any atom is -0.363 e. The van der Waals surface area contributed by atoms with Gasteiger partial charge in [-0.25, -0.2) is 13.8 Å². The topological polar surface area (TPSA) is 80.4 Å². The number of hydrogen-bond acceptors (Lipinski definition) is 5. The van der Waals surface area contributed by atoms with Crippen molar-refractivity contribution in [3.63, 3.8) is 0 Å².